The van der Waals surface area contributed by atoms with Crippen LogP contribution in [0.3, 0.4) is 0 Å². The summed E-state index contributed by atoms with van der Waals surface area (Å²) in [5.41, 5.74) is 0.923. The first-order chi connectivity index (χ1) is 9.10. The molecule has 100 valence electrons. The number of nitriles is 1. The van der Waals surface area contributed by atoms with E-state index in [9.17, 15) is 9.59 Å². The molecule has 1 aromatic carbocycles. The number of ether oxygens (including phenoxy) is 1. The number of rotatable bonds is 4. The summed E-state index contributed by atoms with van der Waals surface area (Å²) >= 11 is 0. The van der Waals surface area contributed by atoms with Gasteiger partial charge < -0.3 is 20.5 Å². The van der Waals surface area contributed by atoms with Gasteiger partial charge in [0.05, 0.1) is 25.3 Å². The van der Waals surface area contributed by atoms with Gasteiger partial charge in [0.2, 0.25) is 0 Å². The largest absolute Gasteiger partial charge is 0.467 e. The lowest BCUT2D eigenvalue weighted by Crippen LogP contribution is -2.45. The van der Waals surface area contributed by atoms with Crippen molar-refractivity contribution in [2.75, 3.05) is 19.0 Å². The molecule has 0 heterocycles. The third-order valence-corrected chi connectivity index (χ3v) is 2.25. The SMILES string of the molecule is COC(=O)C(CO)NC(=O)Nc1ccc(C#N)cc1. The molecule has 0 bridgehead atoms. The van der Waals surface area contributed by atoms with Crippen LogP contribution in [0.5, 0.6) is 0 Å². The monoisotopic (exact) mass is 263 g/mol. The van der Waals surface area contributed by atoms with Crippen LogP contribution < -0.4 is 10.6 Å². The number of hydrogen-bond acceptors (Lipinski definition) is 5. The molecule has 1 aromatic rings. The molecule has 0 aliphatic rings. The number of aliphatic hydroxyl groups is 1. The van der Waals surface area contributed by atoms with Crippen molar-refractivity contribution in [1.29, 1.82) is 5.26 Å². The minimum Gasteiger partial charge on any atom is -0.467 e. The number of benzene rings is 1. The lowest BCUT2D eigenvalue weighted by molar-refractivity contribution is -0.143. The predicted molar refractivity (Wildman–Crippen MR) is 66.2 cm³/mol. The summed E-state index contributed by atoms with van der Waals surface area (Å²) in [4.78, 5) is 22.7. The highest BCUT2D eigenvalue weighted by molar-refractivity contribution is 5.92. The number of esters is 1. The molecule has 2 amide bonds. The molecule has 7 nitrogen and oxygen atoms in total. The second-order valence-electron chi connectivity index (χ2n) is 3.55. The van der Waals surface area contributed by atoms with Crippen LogP contribution in [0.15, 0.2) is 24.3 Å². The van der Waals surface area contributed by atoms with Gasteiger partial charge in [-0.05, 0) is 24.3 Å². The smallest absolute Gasteiger partial charge is 0.330 e. The van der Waals surface area contributed by atoms with E-state index in [0.29, 0.717) is 11.3 Å². The third-order valence-electron chi connectivity index (χ3n) is 2.25. The van der Waals surface area contributed by atoms with Gasteiger partial charge in [-0.2, -0.15) is 5.26 Å². The normalized spacial score (nSPS) is 11.0. The molecule has 19 heavy (non-hydrogen) atoms. The van der Waals surface area contributed by atoms with Crippen molar-refractivity contribution in [2.24, 2.45) is 0 Å². The first kappa shape index (κ1) is 14.5. The second kappa shape index (κ2) is 6.98. The van der Waals surface area contributed by atoms with Gasteiger partial charge in [0.15, 0.2) is 6.04 Å². The maximum absolute atomic E-state index is 11.6. The molecule has 7 heteroatoms. The predicted octanol–water partition coefficient (Wildman–Crippen LogP) is 0.214. The van der Waals surface area contributed by atoms with E-state index >= 15 is 0 Å². The zero-order valence-corrected chi connectivity index (χ0v) is 10.2. The number of amides is 2. The molecule has 0 saturated heterocycles. The molecule has 0 aliphatic heterocycles. The molecule has 0 aliphatic carbocycles. The topological polar surface area (TPSA) is 111 Å². The Labute approximate surface area is 109 Å². The molecule has 0 aromatic heterocycles. The fraction of sp³-hybridized carbons (Fsp3) is 0.250. The van der Waals surface area contributed by atoms with E-state index in [-0.39, 0.29) is 0 Å². The number of urea groups is 1. The van der Waals surface area contributed by atoms with E-state index in [1.54, 1.807) is 24.3 Å². The van der Waals surface area contributed by atoms with Crippen LogP contribution in [0.25, 0.3) is 0 Å². The molecule has 1 atom stereocenters. The van der Waals surface area contributed by atoms with Gasteiger partial charge in [-0.15, -0.1) is 0 Å². The Kier molecular flexibility index (Phi) is 5.32. The van der Waals surface area contributed by atoms with Crippen molar-refractivity contribution < 1.29 is 19.4 Å². The Bertz CT molecular complexity index is 493. The van der Waals surface area contributed by atoms with Crippen LogP contribution in [0.1, 0.15) is 5.56 Å². The van der Waals surface area contributed by atoms with Gasteiger partial charge >= 0.3 is 12.0 Å². The minimum atomic E-state index is -1.12. The van der Waals surface area contributed by atoms with Gasteiger partial charge in [0.25, 0.3) is 0 Å². The molecule has 3 N–H and O–H groups in total. The third kappa shape index (κ3) is 4.29. The Balaban J connectivity index is 2.59. The summed E-state index contributed by atoms with van der Waals surface area (Å²) in [6.45, 7) is -0.562. The fourth-order valence-corrected chi connectivity index (χ4v) is 1.27. The van der Waals surface area contributed by atoms with E-state index < -0.39 is 24.6 Å². The van der Waals surface area contributed by atoms with Crippen LogP contribution in [-0.4, -0.2) is 36.9 Å². The molecule has 0 saturated carbocycles. The van der Waals surface area contributed by atoms with Crippen molar-refractivity contribution in [1.82, 2.24) is 5.32 Å². The number of methoxy groups -OCH3 is 1. The minimum absolute atomic E-state index is 0.457. The van der Waals surface area contributed by atoms with Crippen LogP contribution in [-0.2, 0) is 9.53 Å². The Morgan fingerprint density at radius 2 is 2.05 bits per heavy atom. The quantitative estimate of drug-likeness (QED) is 0.672. The number of aliphatic hydroxyl groups excluding tert-OH is 1. The number of carbonyl (C=O) groups excluding carboxylic acids is 2. The lowest BCUT2D eigenvalue weighted by atomic mass is 10.2. The summed E-state index contributed by atoms with van der Waals surface area (Å²) in [5.74, 6) is -0.738. The summed E-state index contributed by atoms with van der Waals surface area (Å²) in [6, 6.07) is 6.34. The number of anilines is 1. The summed E-state index contributed by atoms with van der Waals surface area (Å²) in [5, 5.41) is 22.3. The summed E-state index contributed by atoms with van der Waals surface area (Å²) in [7, 11) is 1.16. The lowest BCUT2D eigenvalue weighted by Gasteiger charge is -2.14. The van der Waals surface area contributed by atoms with Crippen LogP contribution in [0.4, 0.5) is 10.5 Å². The number of hydrogen-bond donors (Lipinski definition) is 3. The number of nitrogens with one attached hydrogen (secondary N) is 2. The number of carbonyl (C=O) groups is 2. The van der Waals surface area contributed by atoms with E-state index in [1.165, 1.54) is 0 Å². The maximum Gasteiger partial charge on any atom is 0.330 e. The highest BCUT2D eigenvalue weighted by Gasteiger charge is 2.20. The van der Waals surface area contributed by atoms with E-state index in [0.717, 1.165) is 7.11 Å². The summed E-state index contributed by atoms with van der Waals surface area (Å²) in [6.07, 6.45) is 0. The average Bonchev–Trinajstić information content (AvgIpc) is 2.44. The van der Waals surface area contributed by atoms with Crippen LogP contribution >= 0.6 is 0 Å². The highest BCUT2D eigenvalue weighted by atomic mass is 16.5. The van der Waals surface area contributed by atoms with Gasteiger partial charge in [0.1, 0.15) is 0 Å². The van der Waals surface area contributed by atoms with E-state index in [1.807, 2.05) is 6.07 Å². The Hall–Kier alpha value is -2.59. The van der Waals surface area contributed by atoms with E-state index in [2.05, 4.69) is 15.4 Å². The first-order valence-corrected chi connectivity index (χ1v) is 5.37. The second-order valence-corrected chi connectivity index (χ2v) is 3.55. The maximum atomic E-state index is 11.6. The zero-order valence-electron chi connectivity index (χ0n) is 10.2. The zero-order chi connectivity index (χ0) is 14.3. The van der Waals surface area contributed by atoms with Crippen molar-refractivity contribution in [2.45, 2.75) is 6.04 Å². The molecule has 0 spiro atoms. The van der Waals surface area contributed by atoms with Gasteiger partial charge in [-0.25, -0.2) is 9.59 Å². The molecule has 1 unspecified atom stereocenters. The first-order valence-electron chi connectivity index (χ1n) is 5.37. The average molecular weight is 263 g/mol. The number of nitrogens with zero attached hydrogens (tertiary/aromatic N) is 1. The van der Waals surface area contributed by atoms with Crippen molar-refractivity contribution in [3.63, 3.8) is 0 Å². The molecule has 1 rings (SSSR count). The van der Waals surface area contributed by atoms with Gasteiger partial charge in [0, 0.05) is 5.69 Å². The van der Waals surface area contributed by atoms with Crippen LogP contribution in [0.2, 0.25) is 0 Å². The molecular weight excluding hydrogens is 250 g/mol. The molecule has 0 fully saturated rings. The summed E-state index contributed by atoms with van der Waals surface area (Å²) < 4.78 is 4.41. The highest BCUT2D eigenvalue weighted by Crippen LogP contribution is 2.08. The Morgan fingerprint density at radius 3 is 2.53 bits per heavy atom. The van der Waals surface area contributed by atoms with Crippen molar-refractivity contribution in [3.05, 3.63) is 29.8 Å². The standard InChI is InChI=1S/C12H13N3O4/c1-19-11(17)10(7-16)15-12(18)14-9-4-2-8(6-13)3-5-9/h2-5,10,16H,7H2,1H3,(H2,14,15,18). The van der Waals surface area contributed by atoms with Crippen molar-refractivity contribution >= 4 is 17.7 Å². The van der Waals surface area contributed by atoms with Crippen molar-refractivity contribution in [3.8, 4) is 6.07 Å². The molecular formula is C12H13N3O4. The fourth-order valence-electron chi connectivity index (χ4n) is 1.27. The van der Waals surface area contributed by atoms with Gasteiger partial charge in [-0.1, -0.05) is 0 Å². The Morgan fingerprint density at radius 1 is 1.42 bits per heavy atom. The molecule has 0 radical (unpaired) electrons. The van der Waals surface area contributed by atoms with Gasteiger partial charge in [-0.3, -0.25) is 0 Å². The van der Waals surface area contributed by atoms with E-state index in [4.69, 9.17) is 10.4 Å². The van der Waals surface area contributed by atoms with Crippen LogP contribution in [0, 0.1) is 11.3 Å².